The van der Waals surface area contributed by atoms with Gasteiger partial charge in [0.15, 0.2) is 14.5 Å². The molecular formula is C20H34N2OSi. The third-order valence-electron chi connectivity index (χ3n) is 5.29. The van der Waals surface area contributed by atoms with Gasteiger partial charge in [-0.15, -0.1) is 0 Å². The molecule has 0 radical (unpaired) electrons. The Bertz CT molecular complexity index is 531. The maximum atomic E-state index is 9.13. The molecule has 1 rings (SSSR count). The van der Waals surface area contributed by atoms with E-state index in [2.05, 4.69) is 77.3 Å². The van der Waals surface area contributed by atoms with Crippen molar-refractivity contribution in [3.05, 3.63) is 35.9 Å². The number of nitrogens with zero attached hydrogens (tertiary/aromatic N) is 2. The van der Waals surface area contributed by atoms with Crippen LogP contribution in [0.5, 0.6) is 0 Å². The third kappa shape index (κ3) is 6.30. The summed E-state index contributed by atoms with van der Waals surface area (Å²) < 4.78 is 6.69. The zero-order chi connectivity index (χ0) is 18.4. The van der Waals surface area contributed by atoms with Crippen LogP contribution in [0.1, 0.15) is 46.1 Å². The van der Waals surface area contributed by atoms with E-state index < -0.39 is 8.32 Å². The van der Waals surface area contributed by atoms with Gasteiger partial charge < -0.3 is 9.33 Å². The molecule has 0 aromatic heterocycles. The third-order valence-corrected chi connectivity index (χ3v) is 9.82. The topological polar surface area (TPSA) is 36.3 Å². The molecule has 0 saturated heterocycles. The number of aryl methyl sites for hydroxylation is 1. The number of hydrogen-bond acceptors (Lipinski definition) is 3. The molecule has 0 saturated carbocycles. The van der Waals surface area contributed by atoms with Crippen LogP contribution in [0.15, 0.2) is 30.3 Å². The minimum absolute atomic E-state index is 0.192. The molecule has 0 aliphatic heterocycles. The summed E-state index contributed by atoms with van der Waals surface area (Å²) in [6.07, 6.45) is 5.33. The molecule has 0 amide bonds. The van der Waals surface area contributed by atoms with Gasteiger partial charge in [-0.2, -0.15) is 5.26 Å². The molecule has 0 aliphatic rings. The van der Waals surface area contributed by atoms with Crippen molar-refractivity contribution in [3.63, 3.8) is 0 Å². The van der Waals surface area contributed by atoms with E-state index in [1.807, 2.05) is 7.05 Å². The highest BCUT2D eigenvalue weighted by atomic mass is 28.4. The number of benzene rings is 1. The van der Waals surface area contributed by atoms with Crippen molar-refractivity contribution in [1.29, 1.82) is 5.26 Å². The van der Waals surface area contributed by atoms with Crippen LogP contribution in [0.25, 0.3) is 0 Å². The van der Waals surface area contributed by atoms with Crippen molar-refractivity contribution in [2.24, 2.45) is 0 Å². The molecule has 0 bridgehead atoms. The fourth-order valence-electron chi connectivity index (χ4n) is 2.43. The Morgan fingerprint density at radius 1 is 1.21 bits per heavy atom. The summed E-state index contributed by atoms with van der Waals surface area (Å²) in [6.45, 7) is 13.5. The normalized spacial score (nSPS) is 14.8. The molecule has 0 aliphatic carbocycles. The first-order chi connectivity index (χ1) is 11.1. The molecule has 2 atom stereocenters. The highest BCUT2D eigenvalue weighted by molar-refractivity contribution is 6.74. The van der Waals surface area contributed by atoms with Crippen LogP contribution in [0.4, 0.5) is 0 Å². The predicted octanol–water partition coefficient (Wildman–Crippen LogP) is 5.20. The molecule has 1 aromatic carbocycles. The maximum absolute atomic E-state index is 9.13. The molecule has 4 heteroatoms. The van der Waals surface area contributed by atoms with Crippen molar-refractivity contribution < 1.29 is 4.43 Å². The summed E-state index contributed by atoms with van der Waals surface area (Å²) in [5.74, 6) is 0. The molecule has 1 aromatic rings. The standard InChI is InChI=1S/C20H34N2OSi/c1-17(22(5)16-21)15-19(23-24(6,7)20(2,3)4)14-13-18-11-9-8-10-12-18/h8-12,17,19H,13-15H2,1-7H3/t17-,19-/m0/s1. The number of hydrogen-bond donors (Lipinski definition) is 0. The summed E-state index contributed by atoms with van der Waals surface area (Å²) in [7, 11) is 0.0330. The minimum Gasteiger partial charge on any atom is -0.414 e. The second-order valence-electron chi connectivity index (χ2n) is 8.32. The maximum Gasteiger partial charge on any atom is 0.192 e. The lowest BCUT2D eigenvalue weighted by Crippen LogP contribution is -2.45. The average Bonchev–Trinajstić information content (AvgIpc) is 2.51. The summed E-state index contributed by atoms with van der Waals surface area (Å²) in [4.78, 5) is 1.73. The molecule has 0 unspecified atom stereocenters. The lowest BCUT2D eigenvalue weighted by Gasteiger charge is -2.40. The van der Waals surface area contributed by atoms with E-state index in [0.717, 1.165) is 19.3 Å². The van der Waals surface area contributed by atoms with Gasteiger partial charge in [0.1, 0.15) is 0 Å². The van der Waals surface area contributed by atoms with E-state index in [0.29, 0.717) is 0 Å². The lowest BCUT2D eigenvalue weighted by atomic mass is 10.0. The van der Waals surface area contributed by atoms with Crippen LogP contribution in [-0.2, 0) is 10.8 Å². The van der Waals surface area contributed by atoms with Crippen LogP contribution in [0, 0.1) is 11.5 Å². The smallest absolute Gasteiger partial charge is 0.192 e. The van der Waals surface area contributed by atoms with Crippen molar-refractivity contribution in [1.82, 2.24) is 4.90 Å². The zero-order valence-corrected chi connectivity index (χ0v) is 17.5. The van der Waals surface area contributed by atoms with E-state index in [1.54, 1.807) is 4.90 Å². The first-order valence-electron chi connectivity index (χ1n) is 8.91. The van der Waals surface area contributed by atoms with Crippen molar-refractivity contribution in [3.8, 4) is 6.19 Å². The highest BCUT2D eigenvalue weighted by Gasteiger charge is 2.39. The summed E-state index contributed by atoms with van der Waals surface area (Å²) in [5, 5.41) is 9.33. The molecule has 0 spiro atoms. The van der Waals surface area contributed by atoms with Gasteiger partial charge in [-0.05, 0) is 49.9 Å². The van der Waals surface area contributed by atoms with Gasteiger partial charge in [-0.25, -0.2) is 0 Å². The molecule has 0 N–H and O–H groups in total. The molecule has 3 nitrogen and oxygen atoms in total. The Morgan fingerprint density at radius 2 is 1.79 bits per heavy atom. The Labute approximate surface area is 149 Å². The van der Waals surface area contributed by atoms with E-state index in [4.69, 9.17) is 9.69 Å². The second kappa shape index (κ2) is 8.69. The fraction of sp³-hybridized carbons (Fsp3) is 0.650. The largest absolute Gasteiger partial charge is 0.414 e. The van der Waals surface area contributed by atoms with Crippen LogP contribution >= 0.6 is 0 Å². The minimum atomic E-state index is -1.82. The van der Waals surface area contributed by atoms with Crippen molar-refractivity contribution >= 4 is 8.32 Å². The summed E-state index contributed by atoms with van der Waals surface area (Å²) in [6, 6.07) is 10.8. The summed E-state index contributed by atoms with van der Waals surface area (Å²) >= 11 is 0. The van der Waals surface area contributed by atoms with Gasteiger partial charge in [-0.3, -0.25) is 0 Å². The first kappa shape index (κ1) is 20.7. The van der Waals surface area contributed by atoms with E-state index >= 15 is 0 Å². The quantitative estimate of drug-likeness (QED) is 0.369. The lowest BCUT2D eigenvalue weighted by molar-refractivity contribution is 0.135. The van der Waals surface area contributed by atoms with Gasteiger partial charge in [0.2, 0.25) is 0 Å². The van der Waals surface area contributed by atoms with Crippen LogP contribution in [0.2, 0.25) is 18.1 Å². The Hall–Kier alpha value is -1.31. The van der Waals surface area contributed by atoms with Gasteiger partial charge >= 0.3 is 0 Å². The molecule has 0 heterocycles. The van der Waals surface area contributed by atoms with Gasteiger partial charge in [-0.1, -0.05) is 51.1 Å². The molecule has 134 valence electrons. The Kier molecular flexibility index (Phi) is 7.50. The van der Waals surface area contributed by atoms with E-state index in [1.165, 1.54) is 5.56 Å². The van der Waals surface area contributed by atoms with Gasteiger partial charge in [0.25, 0.3) is 0 Å². The van der Waals surface area contributed by atoms with E-state index in [9.17, 15) is 0 Å². The summed E-state index contributed by atoms with van der Waals surface area (Å²) in [5.41, 5.74) is 1.35. The van der Waals surface area contributed by atoms with Crippen LogP contribution < -0.4 is 0 Å². The highest BCUT2D eigenvalue weighted by Crippen LogP contribution is 2.38. The Balaban J connectivity index is 2.81. The van der Waals surface area contributed by atoms with Gasteiger partial charge in [0, 0.05) is 19.2 Å². The van der Waals surface area contributed by atoms with Crippen LogP contribution in [-0.4, -0.2) is 32.4 Å². The van der Waals surface area contributed by atoms with E-state index in [-0.39, 0.29) is 17.2 Å². The predicted molar refractivity (Wildman–Crippen MR) is 104 cm³/mol. The number of rotatable bonds is 8. The molecule has 0 fully saturated rings. The van der Waals surface area contributed by atoms with Crippen molar-refractivity contribution in [2.45, 2.75) is 77.2 Å². The monoisotopic (exact) mass is 346 g/mol. The van der Waals surface area contributed by atoms with Crippen LogP contribution in [0.3, 0.4) is 0 Å². The zero-order valence-electron chi connectivity index (χ0n) is 16.5. The number of nitriles is 1. The second-order valence-corrected chi connectivity index (χ2v) is 13.1. The molecule has 24 heavy (non-hydrogen) atoms. The first-order valence-corrected chi connectivity index (χ1v) is 11.8. The molecular weight excluding hydrogens is 312 g/mol. The van der Waals surface area contributed by atoms with Crippen molar-refractivity contribution in [2.75, 3.05) is 7.05 Å². The average molecular weight is 347 g/mol. The fourth-order valence-corrected chi connectivity index (χ4v) is 3.83. The SMILES string of the molecule is C[C@@H](C[C@H](CCc1ccccc1)O[Si](C)(C)C(C)(C)C)N(C)C#N. The Morgan fingerprint density at radius 3 is 2.29 bits per heavy atom. The van der Waals surface area contributed by atoms with Gasteiger partial charge in [0.05, 0.1) is 0 Å².